The molecule has 0 aromatic carbocycles. The van der Waals surface area contributed by atoms with Crippen molar-refractivity contribution in [3.05, 3.63) is 34.7 Å². The van der Waals surface area contributed by atoms with E-state index in [-0.39, 0.29) is 60.9 Å². The summed E-state index contributed by atoms with van der Waals surface area (Å²) >= 11 is 0. The van der Waals surface area contributed by atoms with Crippen molar-refractivity contribution < 1.29 is 45.0 Å². The molecule has 2 amide bonds. The summed E-state index contributed by atoms with van der Waals surface area (Å²) in [4.78, 5) is 30.2. The molecule has 0 bridgehead atoms. The van der Waals surface area contributed by atoms with Gasteiger partial charge in [0.15, 0.2) is 11.5 Å². The van der Waals surface area contributed by atoms with Crippen LogP contribution in [0.5, 0.6) is 0 Å². The summed E-state index contributed by atoms with van der Waals surface area (Å²) in [5, 5.41) is 12.0. The Morgan fingerprint density at radius 2 is 1.86 bits per heavy atom. The molecule has 17 heteroatoms. The minimum absolute atomic E-state index is 0.00683. The van der Waals surface area contributed by atoms with Crippen LogP contribution in [0.4, 0.5) is 30.7 Å². The van der Waals surface area contributed by atoms with Crippen molar-refractivity contribution in [3.63, 3.8) is 0 Å². The molecule has 2 aromatic rings. The van der Waals surface area contributed by atoms with Crippen LogP contribution in [0.3, 0.4) is 0 Å². The summed E-state index contributed by atoms with van der Waals surface area (Å²) in [6, 6.07) is -0.846. The summed E-state index contributed by atoms with van der Waals surface area (Å²) in [5.74, 6) is -6.47. The van der Waals surface area contributed by atoms with Gasteiger partial charge in [-0.2, -0.15) is 13.2 Å². The van der Waals surface area contributed by atoms with Crippen molar-refractivity contribution in [3.8, 4) is 0 Å². The van der Waals surface area contributed by atoms with Crippen molar-refractivity contribution in [1.29, 1.82) is 0 Å². The standard InChI is InChI=1S/C25H28F7N7O3/c26-17(27)8-15(22(40)33-11-25(30,31)32)14-7-18-35-16(10-39(18)34-9-14)19(13-3-5-24(28,29)6-4-13)36-23(41)21-20(12-1-2-12)37-42-38-21/h7,10,12-13,15,17,19,34H,1-6,8-9,11H2,(H,33,40)(H,36,41)/t15-,19?/m1/s1. The average molecular weight is 608 g/mol. The summed E-state index contributed by atoms with van der Waals surface area (Å²) in [6.07, 6.45) is -4.84. The van der Waals surface area contributed by atoms with E-state index < -0.39 is 61.2 Å². The molecule has 2 aliphatic carbocycles. The second-order valence-electron chi connectivity index (χ2n) is 10.9. The van der Waals surface area contributed by atoms with E-state index in [2.05, 4.69) is 26.0 Å². The number of amides is 2. The fourth-order valence-electron chi connectivity index (χ4n) is 5.34. The Labute approximate surface area is 234 Å². The molecule has 230 valence electrons. The van der Waals surface area contributed by atoms with Crippen LogP contribution in [0.25, 0.3) is 6.08 Å². The van der Waals surface area contributed by atoms with Gasteiger partial charge >= 0.3 is 6.18 Å². The largest absolute Gasteiger partial charge is 0.405 e. The molecule has 3 aliphatic rings. The van der Waals surface area contributed by atoms with Crippen molar-refractivity contribution in [2.45, 2.75) is 75.4 Å². The third-order valence-electron chi connectivity index (χ3n) is 7.69. The zero-order valence-corrected chi connectivity index (χ0v) is 22.1. The number of nitrogens with zero attached hydrogens (tertiary/aromatic N) is 4. The summed E-state index contributed by atoms with van der Waals surface area (Å²) in [6.45, 7) is -1.82. The minimum Gasteiger partial charge on any atom is -0.346 e. The molecule has 10 nitrogen and oxygen atoms in total. The van der Waals surface area contributed by atoms with Crippen molar-refractivity contribution in [2.75, 3.05) is 18.5 Å². The smallest absolute Gasteiger partial charge is 0.346 e. The quantitative estimate of drug-likeness (QED) is 0.343. The van der Waals surface area contributed by atoms with Crippen LogP contribution in [-0.4, -0.2) is 63.4 Å². The maximum Gasteiger partial charge on any atom is 0.405 e. The molecule has 2 saturated carbocycles. The van der Waals surface area contributed by atoms with Crippen LogP contribution in [0, 0.1) is 11.8 Å². The van der Waals surface area contributed by atoms with E-state index in [1.165, 1.54) is 16.9 Å². The Bertz CT molecular complexity index is 1330. The van der Waals surface area contributed by atoms with Crippen LogP contribution in [0.1, 0.15) is 84.6 Å². The predicted molar refractivity (Wildman–Crippen MR) is 131 cm³/mol. The summed E-state index contributed by atoms with van der Waals surface area (Å²) in [7, 11) is 0. The average Bonchev–Trinajstić information content (AvgIpc) is 3.48. The molecule has 42 heavy (non-hydrogen) atoms. The molecule has 1 aliphatic heterocycles. The van der Waals surface area contributed by atoms with Crippen LogP contribution < -0.4 is 16.1 Å². The maximum atomic E-state index is 14.0. The third kappa shape index (κ3) is 7.03. The van der Waals surface area contributed by atoms with Crippen LogP contribution >= 0.6 is 0 Å². The first-order valence-electron chi connectivity index (χ1n) is 13.5. The lowest BCUT2D eigenvalue weighted by Gasteiger charge is -2.33. The third-order valence-corrected chi connectivity index (χ3v) is 7.69. The zero-order valence-electron chi connectivity index (χ0n) is 22.1. The molecule has 0 saturated heterocycles. The van der Waals surface area contributed by atoms with Gasteiger partial charge in [-0.05, 0) is 48.4 Å². The lowest BCUT2D eigenvalue weighted by atomic mass is 9.81. The summed E-state index contributed by atoms with van der Waals surface area (Å²) < 4.78 is 98.5. The van der Waals surface area contributed by atoms with Crippen molar-refractivity contribution in [2.24, 2.45) is 11.8 Å². The Hall–Kier alpha value is -3.66. The van der Waals surface area contributed by atoms with Gasteiger partial charge in [-0.3, -0.25) is 9.59 Å². The van der Waals surface area contributed by atoms with E-state index in [9.17, 15) is 40.3 Å². The highest BCUT2D eigenvalue weighted by atomic mass is 19.4. The molecule has 5 rings (SSSR count). The number of hydrogen-bond donors (Lipinski definition) is 3. The lowest BCUT2D eigenvalue weighted by molar-refractivity contribution is -0.140. The zero-order chi connectivity index (χ0) is 30.2. The van der Waals surface area contributed by atoms with Crippen molar-refractivity contribution in [1.82, 2.24) is 30.6 Å². The fraction of sp³-hybridized carbons (Fsp3) is 0.640. The van der Waals surface area contributed by atoms with Crippen LogP contribution in [0.2, 0.25) is 0 Å². The second-order valence-corrected chi connectivity index (χ2v) is 10.9. The normalized spacial score (nSPS) is 20.3. The van der Waals surface area contributed by atoms with E-state index in [0.29, 0.717) is 5.69 Å². The second kappa shape index (κ2) is 11.6. The van der Waals surface area contributed by atoms with Gasteiger partial charge in [-0.15, -0.1) is 0 Å². The van der Waals surface area contributed by atoms with Gasteiger partial charge in [0.25, 0.3) is 5.91 Å². The number of halogens is 7. The van der Waals surface area contributed by atoms with Gasteiger partial charge in [-0.25, -0.2) is 31.9 Å². The number of nitrogens with one attached hydrogen (secondary N) is 3. The number of alkyl halides is 7. The Balaban J connectivity index is 1.40. The Morgan fingerprint density at radius 3 is 2.50 bits per heavy atom. The first-order chi connectivity index (χ1) is 19.8. The van der Waals surface area contributed by atoms with Crippen LogP contribution in [-0.2, 0) is 4.79 Å². The van der Waals surface area contributed by atoms with E-state index >= 15 is 0 Å². The highest BCUT2D eigenvalue weighted by Crippen LogP contribution is 2.43. The summed E-state index contributed by atoms with van der Waals surface area (Å²) in [5.41, 5.74) is 3.63. The molecule has 1 unspecified atom stereocenters. The van der Waals surface area contributed by atoms with E-state index in [1.807, 2.05) is 0 Å². The van der Waals surface area contributed by atoms with Gasteiger partial charge < -0.3 is 16.1 Å². The number of carbonyl (C=O) groups is 2. The highest BCUT2D eigenvalue weighted by Gasteiger charge is 2.41. The molecule has 0 radical (unpaired) electrons. The van der Waals surface area contributed by atoms with Crippen LogP contribution in [0.15, 0.2) is 16.4 Å². The number of rotatable bonds is 10. The topological polar surface area (TPSA) is 127 Å². The fourth-order valence-corrected chi connectivity index (χ4v) is 5.34. The monoisotopic (exact) mass is 607 g/mol. The number of fused-ring (bicyclic) bond motifs is 1. The highest BCUT2D eigenvalue weighted by molar-refractivity contribution is 5.93. The maximum absolute atomic E-state index is 14.0. The molecular formula is C25H28F7N7O3. The van der Waals surface area contributed by atoms with Gasteiger partial charge in [-0.1, -0.05) is 5.16 Å². The molecule has 3 heterocycles. The van der Waals surface area contributed by atoms with Gasteiger partial charge in [0.05, 0.1) is 30.4 Å². The molecule has 2 atom stereocenters. The predicted octanol–water partition coefficient (Wildman–Crippen LogP) is 4.33. The number of carbonyl (C=O) groups excluding carboxylic acids is 2. The van der Waals surface area contributed by atoms with Crippen molar-refractivity contribution >= 4 is 17.9 Å². The minimum atomic E-state index is -4.72. The molecule has 0 spiro atoms. The Kier molecular flexibility index (Phi) is 8.20. The molecular weight excluding hydrogens is 579 g/mol. The first kappa shape index (κ1) is 29.8. The van der Waals surface area contributed by atoms with Gasteiger partial charge in [0.2, 0.25) is 18.3 Å². The van der Waals surface area contributed by atoms with E-state index in [4.69, 9.17) is 4.63 Å². The number of aromatic nitrogens is 4. The molecule has 2 fully saturated rings. The SMILES string of the molecule is O=C(NC(c1cn2c(n1)C=C([C@@H](CC(F)F)C(=O)NCC(F)(F)F)CN2)C1CCC(F)(F)CC1)c1nonc1C1CC1. The lowest BCUT2D eigenvalue weighted by Crippen LogP contribution is -2.40. The molecule has 3 N–H and O–H groups in total. The van der Waals surface area contributed by atoms with Gasteiger partial charge in [0.1, 0.15) is 12.2 Å². The molecule has 2 aromatic heterocycles. The number of hydrogen-bond acceptors (Lipinski definition) is 7. The first-order valence-corrected chi connectivity index (χ1v) is 13.5. The van der Waals surface area contributed by atoms with Gasteiger partial charge in [0, 0.05) is 25.2 Å². The van der Waals surface area contributed by atoms with E-state index in [1.54, 1.807) is 5.32 Å². The number of imidazole rings is 1. The van der Waals surface area contributed by atoms with E-state index in [0.717, 1.165) is 12.8 Å². The Morgan fingerprint density at radius 1 is 1.14 bits per heavy atom.